The van der Waals surface area contributed by atoms with Crippen molar-refractivity contribution >= 4 is 57.5 Å². The van der Waals surface area contributed by atoms with Crippen molar-refractivity contribution in [1.82, 2.24) is 30.4 Å². The molecule has 0 radical (unpaired) electrons. The first-order valence-corrected chi connectivity index (χ1v) is 10.3. The van der Waals surface area contributed by atoms with Gasteiger partial charge in [0.15, 0.2) is 4.34 Å². The highest BCUT2D eigenvalue weighted by atomic mass is 35.5. The average Bonchev–Trinajstić information content (AvgIpc) is 3.23. The van der Waals surface area contributed by atoms with Gasteiger partial charge in [0, 0.05) is 0 Å². The Hall–Kier alpha value is -1.69. The fourth-order valence-corrected chi connectivity index (χ4v) is 4.34. The molecule has 0 aliphatic carbocycles. The Labute approximate surface area is 160 Å². The van der Waals surface area contributed by atoms with Gasteiger partial charge in [0.2, 0.25) is 16.2 Å². The van der Waals surface area contributed by atoms with E-state index in [0.29, 0.717) is 21.0 Å². The van der Waals surface area contributed by atoms with Gasteiger partial charge in [-0.1, -0.05) is 65.5 Å². The third-order valence-corrected chi connectivity index (χ3v) is 5.87. The number of hydrogen-bond acceptors (Lipinski definition) is 9. The number of thioether (sulfide) groups is 2. The molecule has 25 heavy (non-hydrogen) atoms. The molecule has 2 aromatic heterocycles. The van der Waals surface area contributed by atoms with Crippen molar-refractivity contribution in [2.24, 2.45) is 0 Å². The number of nitrogens with one attached hydrogen (secondary N) is 1. The maximum atomic E-state index is 12.1. The molecule has 3 aromatic rings. The molecule has 0 bridgehead atoms. The molecule has 0 aliphatic heterocycles. The Bertz CT molecular complexity index is 869. The number of para-hydroxylation sites is 1. The lowest BCUT2D eigenvalue weighted by atomic mass is 10.3. The van der Waals surface area contributed by atoms with E-state index in [4.69, 9.17) is 11.6 Å². The smallest absolute Gasteiger partial charge is 0.236 e. The van der Waals surface area contributed by atoms with Gasteiger partial charge in [-0.2, -0.15) is 4.68 Å². The van der Waals surface area contributed by atoms with E-state index in [2.05, 4.69) is 31.0 Å². The minimum Gasteiger partial charge on any atom is -0.300 e. The summed E-state index contributed by atoms with van der Waals surface area (Å²) in [6.45, 7) is 2.03. The molecule has 1 amide bonds. The molecule has 0 fully saturated rings. The van der Waals surface area contributed by atoms with Crippen molar-refractivity contribution in [1.29, 1.82) is 0 Å². The van der Waals surface area contributed by atoms with E-state index in [1.165, 1.54) is 27.8 Å². The minimum atomic E-state index is -0.206. The number of hydrogen-bond donors (Lipinski definition) is 1. The number of aromatic nitrogens is 6. The summed E-state index contributed by atoms with van der Waals surface area (Å²) in [4.78, 5) is 12.1. The Kier molecular flexibility index (Phi) is 6.24. The molecule has 130 valence electrons. The number of carbonyl (C=O) groups is 1. The van der Waals surface area contributed by atoms with E-state index < -0.39 is 0 Å². The zero-order valence-electron chi connectivity index (χ0n) is 12.9. The van der Waals surface area contributed by atoms with Crippen LogP contribution >= 0.6 is 46.5 Å². The van der Waals surface area contributed by atoms with Crippen LogP contribution in [0.4, 0.5) is 5.13 Å². The van der Waals surface area contributed by atoms with E-state index in [9.17, 15) is 4.79 Å². The first-order chi connectivity index (χ1) is 12.2. The molecule has 8 nitrogen and oxygen atoms in total. The fraction of sp³-hybridized carbons (Fsp3) is 0.231. The van der Waals surface area contributed by atoms with Gasteiger partial charge in [-0.25, -0.2) is 0 Å². The molecule has 12 heteroatoms. The van der Waals surface area contributed by atoms with Gasteiger partial charge in [-0.05, 0) is 28.3 Å². The van der Waals surface area contributed by atoms with Gasteiger partial charge < -0.3 is 0 Å². The molecular weight excluding hydrogens is 402 g/mol. The maximum Gasteiger partial charge on any atom is 0.236 e. The van der Waals surface area contributed by atoms with Crippen molar-refractivity contribution in [3.63, 3.8) is 0 Å². The molecule has 0 unspecified atom stereocenters. The van der Waals surface area contributed by atoms with E-state index in [0.717, 1.165) is 10.1 Å². The van der Waals surface area contributed by atoms with Gasteiger partial charge >= 0.3 is 0 Å². The summed E-state index contributed by atoms with van der Waals surface area (Å²) in [6.07, 6.45) is 0. The fourth-order valence-electron chi connectivity index (χ4n) is 1.77. The monoisotopic (exact) mass is 413 g/mol. The lowest BCUT2D eigenvalue weighted by Crippen LogP contribution is -2.14. The largest absolute Gasteiger partial charge is 0.300 e. The molecular formula is C13H12ClN7OS3. The molecule has 1 N–H and O–H groups in total. The number of anilines is 1. The quantitative estimate of drug-likeness (QED) is 0.466. The van der Waals surface area contributed by atoms with Crippen LogP contribution < -0.4 is 5.32 Å². The van der Waals surface area contributed by atoms with Crippen molar-refractivity contribution in [2.45, 2.75) is 16.4 Å². The molecule has 2 heterocycles. The zero-order chi connectivity index (χ0) is 17.6. The summed E-state index contributed by atoms with van der Waals surface area (Å²) in [6, 6.07) is 7.22. The molecule has 0 saturated carbocycles. The van der Waals surface area contributed by atoms with Crippen molar-refractivity contribution < 1.29 is 4.79 Å². The Morgan fingerprint density at radius 2 is 2.12 bits per heavy atom. The normalized spacial score (nSPS) is 10.8. The van der Waals surface area contributed by atoms with Gasteiger partial charge in [0.1, 0.15) is 0 Å². The number of carbonyl (C=O) groups excluding carboxylic acids is 1. The number of rotatable bonds is 7. The Morgan fingerprint density at radius 3 is 2.92 bits per heavy atom. The van der Waals surface area contributed by atoms with Gasteiger partial charge in [0.05, 0.1) is 16.5 Å². The topological polar surface area (TPSA) is 98.5 Å². The molecule has 1 aromatic carbocycles. The van der Waals surface area contributed by atoms with E-state index >= 15 is 0 Å². The predicted molar refractivity (Wildman–Crippen MR) is 99.8 cm³/mol. The van der Waals surface area contributed by atoms with Crippen LogP contribution in [0.5, 0.6) is 0 Å². The van der Waals surface area contributed by atoms with Crippen LogP contribution in [0.1, 0.15) is 6.92 Å². The highest BCUT2D eigenvalue weighted by molar-refractivity contribution is 8.01. The van der Waals surface area contributed by atoms with Gasteiger partial charge in [-0.3, -0.25) is 10.1 Å². The Morgan fingerprint density at radius 1 is 1.28 bits per heavy atom. The van der Waals surface area contributed by atoms with Gasteiger partial charge in [-0.15, -0.1) is 15.3 Å². The van der Waals surface area contributed by atoms with E-state index in [-0.39, 0.29) is 11.7 Å². The van der Waals surface area contributed by atoms with E-state index in [1.54, 1.807) is 23.9 Å². The molecule has 0 spiro atoms. The second-order valence-corrected chi connectivity index (χ2v) is 8.31. The summed E-state index contributed by atoms with van der Waals surface area (Å²) in [5.41, 5.74) is 0.655. The van der Waals surface area contributed by atoms with Crippen LogP contribution in [-0.4, -0.2) is 47.8 Å². The third-order valence-electron chi connectivity index (χ3n) is 2.77. The molecule has 0 aliphatic rings. The molecule has 0 atom stereocenters. The molecule has 3 rings (SSSR count). The van der Waals surface area contributed by atoms with Crippen LogP contribution in [0.25, 0.3) is 5.69 Å². The summed E-state index contributed by atoms with van der Waals surface area (Å²) in [5, 5.41) is 23.7. The van der Waals surface area contributed by atoms with Crippen LogP contribution in [0.2, 0.25) is 5.02 Å². The third kappa shape index (κ3) is 4.69. The van der Waals surface area contributed by atoms with E-state index in [1.807, 2.05) is 19.1 Å². The maximum absolute atomic E-state index is 12.1. The van der Waals surface area contributed by atoms with Crippen molar-refractivity contribution in [2.75, 3.05) is 16.8 Å². The summed E-state index contributed by atoms with van der Waals surface area (Å²) < 4.78 is 2.33. The number of halogens is 1. The van der Waals surface area contributed by atoms with Crippen molar-refractivity contribution in [3.8, 4) is 5.69 Å². The lowest BCUT2D eigenvalue weighted by Gasteiger charge is -2.05. The number of nitrogens with zero attached hydrogens (tertiary/aromatic N) is 6. The summed E-state index contributed by atoms with van der Waals surface area (Å²) in [5.74, 6) is 0.840. The summed E-state index contributed by atoms with van der Waals surface area (Å²) in [7, 11) is 0. The average molecular weight is 414 g/mol. The number of amides is 1. The second-order valence-electron chi connectivity index (χ2n) is 4.47. The van der Waals surface area contributed by atoms with Crippen LogP contribution in [0.3, 0.4) is 0 Å². The Balaban J connectivity index is 1.61. The zero-order valence-corrected chi connectivity index (χ0v) is 16.1. The van der Waals surface area contributed by atoms with Crippen LogP contribution in [0.15, 0.2) is 33.8 Å². The molecule has 0 saturated heterocycles. The number of benzene rings is 1. The van der Waals surface area contributed by atoms with Gasteiger partial charge in [0.25, 0.3) is 0 Å². The first kappa shape index (κ1) is 18.1. The predicted octanol–water partition coefficient (Wildman–Crippen LogP) is 3.01. The van der Waals surface area contributed by atoms with Crippen LogP contribution in [-0.2, 0) is 4.79 Å². The standard InChI is InChI=1S/C13H12ClN7OS3/c1-2-23-13-18-16-11(25-13)15-10(22)7-24-12-17-19-20-21(12)9-6-4-3-5-8(9)14/h3-6H,2,7H2,1H3,(H,15,16,22). The highest BCUT2D eigenvalue weighted by Gasteiger charge is 2.14. The van der Waals surface area contributed by atoms with Crippen molar-refractivity contribution in [3.05, 3.63) is 29.3 Å². The highest BCUT2D eigenvalue weighted by Crippen LogP contribution is 2.26. The minimum absolute atomic E-state index is 0.140. The van der Waals surface area contributed by atoms with Crippen LogP contribution in [0, 0.1) is 0 Å². The number of tetrazole rings is 1. The lowest BCUT2D eigenvalue weighted by molar-refractivity contribution is -0.113. The SMILES string of the molecule is CCSc1nnc(NC(=O)CSc2nnnn2-c2ccccc2Cl)s1. The first-order valence-electron chi connectivity index (χ1n) is 7.09. The second kappa shape index (κ2) is 8.61. The summed E-state index contributed by atoms with van der Waals surface area (Å²) >= 11 is 10.3.